The van der Waals surface area contributed by atoms with E-state index in [2.05, 4.69) is 0 Å². The number of carbonyl (C=O) groups excluding carboxylic acids is 1. The molecule has 0 aliphatic carbocycles. The number of ether oxygens (including phenoxy) is 1. The Morgan fingerprint density at radius 3 is 1.94 bits per heavy atom. The highest BCUT2D eigenvalue weighted by atomic mass is 35.5. The van der Waals surface area contributed by atoms with Gasteiger partial charge in [-0.05, 0) is 36.8 Å². The van der Waals surface area contributed by atoms with Gasteiger partial charge in [-0.15, -0.1) is 0 Å². The Balaban J connectivity index is 2.40. The standard InChI is InChI=1S/C20H18ClF6NO3/c1-2-31-17(29)12-28(11-13-3-7-15(21)8-4-13)16-9-5-14(6-10-16)18(30,19(22,23)24)20(25,26)27/h3-10,30H,2,11-12H2,1H3. The van der Waals surface area contributed by atoms with E-state index in [0.717, 1.165) is 12.1 Å². The lowest BCUT2D eigenvalue weighted by Crippen LogP contribution is -2.53. The van der Waals surface area contributed by atoms with E-state index in [4.69, 9.17) is 16.3 Å². The highest BCUT2D eigenvalue weighted by Crippen LogP contribution is 2.50. The second-order valence-corrected chi connectivity index (χ2v) is 6.98. The first-order valence-electron chi connectivity index (χ1n) is 8.91. The number of hydrogen-bond acceptors (Lipinski definition) is 4. The van der Waals surface area contributed by atoms with E-state index in [0.29, 0.717) is 22.7 Å². The van der Waals surface area contributed by atoms with Crippen LogP contribution in [0.25, 0.3) is 0 Å². The van der Waals surface area contributed by atoms with Gasteiger partial charge >= 0.3 is 18.3 Å². The Hall–Kier alpha value is -2.46. The second-order valence-electron chi connectivity index (χ2n) is 6.54. The summed E-state index contributed by atoms with van der Waals surface area (Å²) in [5.74, 6) is -0.636. The third-order valence-corrected chi connectivity index (χ3v) is 4.63. The van der Waals surface area contributed by atoms with Crippen LogP contribution in [-0.2, 0) is 21.7 Å². The lowest BCUT2D eigenvalue weighted by molar-refractivity contribution is -0.376. The van der Waals surface area contributed by atoms with Gasteiger partial charge in [0.15, 0.2) is 0 Å². The van der Waals surface area contributed by atoms with Crippen LogP contribution in [0.4, 0.5) is 32.0 Å². The van der Waals surface area contributed by atoms with Crippen LogP contribution < -0.4 is 4.90 Å². The molecule has 0 atom stereocenters. The molecule has 0 aliphatic rings. The minimum Gasteiger partial charge on any atom is -0.465 e. The summed E-state index contributed by atoms with van der Waals surface area (Å²) in [6.45, 7) is 1.47. The summed E-state index contributed by atoms with van der Waals surface area (Å²) in [5.41, 5.74) is -5.59. The Morgan fingerprint density at radius 2 is 1.48 bits per heavy atom. The van der Waals surface area contributed by atoms with E-state index in [-0.39, 0.29) is 25.4 Å². The summed E-state index contributed by atoms with van der Waals surface area (Å²) in [7, 11) is 0. The molecule has 170 valence electrons. The van der Waals surface area contributed by atoms with Gasteiger partial charge in [0, 0.05) is 22.8 Å². The van der Waals surface area contributed by atoms with Crippen molar-refractivity contribution < 1.29 is 41.0 Å². The lowest BCUT2D eigenvalue weighted by atomic mass is 9.92. The van der Waals surface area contributed by atoms with Crippen LogP contribution in [0.5, 0.6) is 0 Å². The van der Waals surface area contributed by atoms with Crippen LogP contribution in [0.2, 0.25) is 5.02 Å². The molecule has 2 rings (SSSR count). The number of esters is 1. The van der Waals surface area contributed by atoms with Crippen molar-refractivity contribution in [3.63, 3.8) is 0 Å². The molecule has 0 saturated carbocycles. The topological polar surface area (TPSA) is 49.8 Å². The molecular weight excluding hydrogens is 452 g/mol. The summed E-state index contributed by atoms with van der Waals surface area (Å²) >= 11 is 5.83. The molecule has 2 aromatic rings. The molecule has 1 N–H and O–H groups in total. The minimum absolute atomic E-state index is 0.0940. The summed E-state index contributed by atoms with van der Waals surface area (Å²) in [6.07, 6.45) is -12.0. The maximum atomic E-state index is 13.1. The van der Waals surface area contributed by atoms with Crippen molar-refractivity contribution in [3.05, 3.63) is 64.7 Å². The molecular formula is C20H18ClF6NO3. The molecule has 0 amide bonds. The van der Waals surface area contributed by atoms with E-state index in [1.54, 1.807) is 31.2 Å². The fourth-order valence-electron chi connectivity index (χ4n) is 2.81. The van der Waals surface area contributed by atoms with Crippen molar-refractivity contribution in [3.8, 4) is 0 Å². The number of nitrogens with zero attached hydrogens (tertiary/aromatic N) is 1. The first-order chi connectivity index (χ1) is 14.3. The highest BCUT2D eigenvalue weighted by Gasteiger charge is 2.71. The normalized spacial score (nSPS) is 12.5. The number of anilines is 1. The molecule has 0 aliphatic heterocycles. The summed E-state index contributed by atoms with van der Waals surface area (Å²) in [4.78, 5) is 13.3. The van der Waals surface area contributed by atoms with Crippen LogP contribution in [0.1, 0.15) is 18.1 Å². The zero-order chi connectivity index (χ0) is 23.4. The number of alkyl halides is 6. The van der Waals surface area contributed by atoms with Crippen LogP contribution >= 0.6 is 11.6 Å². The fraction of sp³-hybridized carbons (Fsp3) is 0.350. The van der Waals surface area contributed by atoms with E-state index < -0.39 is 29.5 Å². The van der Waals surface area contributed by atoms with E-state index in [1.165, 1.54) is 4.90 Å². The number of hydrogen-bond donors (Lipinski definition) is 1. The molecule has 0 bridgehead atoms. The van der Waals surface area contributed by atoms with Gasteiger partial charge in [0.1, 0.15) is 6.54 Å². The average Bonchev–Trinajstić information content (AvgIpc) is 2.67. The zero-order valence-corrected chi connectivity index (χ0v) is 16.9. The Morgan fingerprint density at radius 1 is 0.968 bits per heavy atom. The Kier molecular flexibility index (Phi) is 7.48. The predicted octanol–water partition coefficient (Wildman–Crippen LogP) is 5.22. The first-order valence-corrected chi connectivity index (χ1v) is 9.28. The van der Waals surface area contributed by atoms with Gasteiger partial charge < -0.3 is 14.7 Å². The maximum Gasteiger partial charge on any atom is 0.430 e. The molecule has 0 saturated heterocycles. The van der Waals surface area contributed by atoms with Gasteiger partial charge in [0.05, 0.1) is 6.61 Å². The number of aliphatic hydroxyl groups is 1. The van der Waals surface area contributed by atoms with E-state index >= 15 is 0 Å². The van der Waals surface area contributed by atoms with Crippen molar-refractivity contribution >= 4 is 23.3 Å². The zero-order valence-electron chi connectivity index (χ0n) is 16.1. The monoisotopic (exact) mass is 469 g/mol. The molecule has 0 unspecified atom stereocenters. The molecule has 0 radical (unpaired) electrons. The molecule has 2 aromatic carbocycles. The van der Waals surface area contributed by atoms with Gasteiger partial charge in [0.25, 0.3) is 5.60 Å². The lowest BCUT2D eigenvalue weighted by Gasteiger charge is -2.33. The maximum absolute atomic E-state index is 13.1. The average molecular weight is 470 g/mol. The van der Waals surface area contributed by atoms with E-state index in [9.17, 15) is 36.2 Å². The summed E-state index contributed by atoms with van der Waals surface area (Å²) in [5, 5.41) is 9.97. The van der Waals surface area contributed by atoms with Crippen molar-refractivity contribution in [1.82, 2.24) is 0 Å². The van der Waals surface area contributed by atoms with Crippen molar-refractivity contribution in [2.24, 2.45) is 0 Å². The van der Waals surface area contributed by atoms with Crippen LogP contribution in [0, 0.1) is 0 Å². The number of halogens is 7. The Labute approximate surface area is 179 Å². The minimum atomic E-state index is -5.99. The third-order valence-electron chi connectivity index (χ3n) is 4.38. The summed E-state index contributed by atoms with van der Waals surface area (Å²) < 4.78 is 83.3. The third kappa shape index (κ3) is 5.62. The molecule has 11 heteroatoms. The predicted molar refractivity (Wildman–Crippen MR) is 102 cm³/mol. The highest BCUT2D eigenvalue weighted by molar-refractivity contribution is 6.30. The van der Waals surface area contributed by atoms with Crippen LogP contribution in [0.15, 0.2) is 48.5 Å². The first kappa shape index (κ1) is 24.8. The van der Waals surface area contributed by atoms with Crippen LogP contribution in [0.3, 0.4) is 0 Å². The molecule has 0 spiro atoms. The summed E-state index contributed by atoms with van der Waals surface area (Å²) in [6, 6.07) is 9.47. The van der Waals surface area contributed by atoms with Gasteiger partial charge in [-0.25, -0.2) is 0 Å². The molecule has 4 nitrogen and oxygen atoms in total. The van der Waals surface area contributed by atoms with E-state index in [1.807, 2.05) is 0 Å². The molecule has 0 fully saturated rings. The van der Waals surface area contributed by atoms with Crippen molar-refractivity contribution in [2.75, 3.05) is 18.1 Å². The molecule has 0 aromatic heterocycles. The smallest absolute Gasteiger partial charge is 0.430 e. The molecule has 31 heavy (non-hydrogen) atoms. The quantitative estimate of drug-likeness (QED) is 0.446. The van der Waals surface area contributed by atoms with Gasteiger partial charge in [-0.1, -0.05) is 35.9 Å². The molecule has 0 heterocycles. The Bertz CT molecular complexity index is 868. The number of rotatable bonds is 7. The van der Waals surface area contributed by atoms with Gasteiger partial charge in [-0.3, -0.25) is 4.79 Å². The number of carbonyl (C=O) groups is 1. The fourth-order valence-corrected chi connectivity index (χ4v) is 2.94. The van der Waals surface area contributed by atoms with Crippen molar-refractivity contribution in [1.29, 1.82) is 0 Å². The van der Waals surface area contributed by atoms with Crippen LogP contribution in [-0.4, -0.2) is 36.6 Å². The SMILES string of the molecule is CCOC(=O)CN(Cc1ccc(Cl)cc1)c1ccc(C(O)(C(F)(F)F)C(F)(F)F)cc1. The largest absolute Gasteiger partial charge is 0.465 e. The number of benzene rings is 2. The van der Waals surface area contributed by atoms with Gasteiger partial charge in [-0.2, -0.15) is 26.3 Å². The second kappa shape index (κ2) is 9.35. The van der Waals surface area contributed by atoms with Crippen molar-refractivity contribution in [2.45, 2.75) is 31.4 Å². The van der Waals surface area contributed by atoms with Gasteiger partial charge in [0.2, 0.25) is 0 Å².